The van der Waals surface area contributed by atoms with Crippen LogP contribution in [0.2, 0.25) is 5.02 Å². The molecule has 6 heteroatoms. The average molecular weight is 481 g/mol. The lowest BCUT2D eigenvalue weighted by Gasteiger charge is -2.24. The van der Waals surface area contributed by atoms with Crippen molar-refractivity contribution >= 4 is 32.5 Å². The highest BCUT2D eigenvalue weighted by atomic mass is 35.5. The van der Waals surface area contributed by atoms with E-state index in [9.17, 15) is 8.42 Å². The normalized spacial score (nSPS) is 12.0. The lowest BCUT2D eigenvalue weighted by atomic mass is 9.98. The molecule has 1 N–H and O–H groups in total. The Balaban J connectivity index is 1.77. The number of benzene rings is 3. The van der Waals surface area contributed by atoms with Gasteiger partial charge in [-0.3, -0.25) is 0 Å². The Kier molecular flexibility index (Phi) is 7.53. The molecular formula is C27H29ClN2O2S. The molecule has 1 aromatic heterocycles. The number of fused-ring (bicyclic) bond motifs is 1. The Morgan fingerprint density at radius 3 is 2.15 bits per heavy atom. The van der Waals surface area contributed by atoms with E-state index in [1.54, 1.807) is 0 Å². The Labute approximate surface area is 201 Å². The van der Waals surface area contributed by atoms with Gasteiger partial charge in [0.15, 0.2) is 0 Å². The Bertz CT molecular complexity index is 1260. The second-order valence-electron chi connectivity index (χ2n) is 8.25. The summed E-state index contributed by atoms with van der Waals surface area (Å²) in [4.78, 5) is 0. The smallest absolute Gasteiger partial charge is 0.211 e. The number of aromatic nitrogens is 1. The van der Waals surface area contributed by atoms with Gasteiger partial charge in [-0.15, -0.1) is 0 Å². The van der Waals surface area contributed by atoms with Gasteiger partial charge in [0.25, 0.3) is 0 Å². The van der Waals surface area contributed by atoms with Crippen molar-refractivity contribution in [1.29, 1.82) is 0 Å². The van der Waals surface area contributed by atoms with E-state index in [1.165, 1.54) is 11.1 Å². The average Bonchev–Trinajstić information content (AvgIpc) is 3.16. The van der Waals surface area contributed by atoms with Crippen molar-refractivity contribution in [1.82, 2.24) is 9.29 Å². The maximum absolute atomic E-state index is 12.3. The monoisotopic (exact) mass is 480 g/mol. The van der Waals surface area contributed by atoms with Gasteiger partial charge in [-0.1, -0.05) is 85.6 Å². The van der Waals surface area contributed by atoms with Crippen LogP contribution in [0.1, 0.15) is 42.6 Å². The standard InChI is InChI=1S/C27H29ClN2O2S/c1-2-3-18-33(31,32)29-17-16-25-20-23-19-24(28)14-15-26(23)30(25)27(21-10-6-4-7-11-21)22-12-8-5-9-13-22/h4-15,19-20,27,29H,2-3,16-18H2,1H3. The number of nitrogens with one attached hydrogen (secondary N) is 1. The van der Waals surface area contributed by atoms with E-state index >= 15 is 0 Å². The quantitative estimate of drug-likeness (QED) is 0.294. The molecule has 0 saturated carbocycles. The first-order valence-corrected chi connectivity index (χ1v) is 13.4. The van der Waals surface area contributed by atoms with Crippen LogP contribution in [-0.4, -0.2) is 25.3 Å². The molecule has 3 aromatic carbocycles. The van der Waals surface area contributed by atoms with Crippen LogP contribution in [0.25, 0.3) is 10.9 Å². The van der Waals surface area contributed by atoms with Crippen LogP contribution in [0, 0.1) is 0 Å². The zero-order valence-corrected chi connectivity index (χ0v) is 20.3. The number of hydrogen-bond acceptors (Lipinski definition) is 2. The van der Waals surface area contributed by atoms with Gasteiger partial charge in [-0.05, 0) is 41.8 Å². The van der Waals surface area contributed by atoms with Crippen LogP contribution >= 0.6 is 11.6 Å². The van der Waals surface area contributed by atoms with E-state index in [2.05, 4.69) is 63.9 Å². The molecule has 0 fully saturated rings. The molecular weight excluding hydrogens is 452 g/mol. The third kappa shape index (κ3) is 5.67. The largest absolute Gasteiger partial charge is 0.333 e. The Morgan fingerprint density at radius 1 is 0.909 bits per heavy atom. The summed E-state index contributed by atoms with van der Waals surface area (Å²) in [5, 5.41) is 1.73. The molecule has 1 heterocycles. The highest BCUT2D eigenvalue weighted by Gasteiger charge is 2.22. The minimum Gasteiger partial charge on any atom is -0.333 e. The predicted molar refractivity (Wildman–Crippen MR) is 137 cm³/mol. The van der Waals surface area contributed by atoms with Gasteiger partial charge < -0.3 is 4.57 Å². The zero-order valence-electron chi connectivity index (χ0n) is 18.7. The van der Waals surface area contributed by atoms with Gasteiger partial charge in [0, 0.05) is 34.6 Å². The van der Waals surface area contributed by atoms with Crippen molar-refractivity contribution < 1.29 is 8.42 Å². The highest BCUT2D eigenvalue weighted by molar-refractivity contribution is 7.89. The lowest BCUT2D eigenvalue weighted by Crippen LogP contribution is -2.29. The maximum atomic E-state index is 12.3. The zero-order chi connectivity index (χ0) is 23.3. The number of hydrogen-bond donors (Lipinski definition) is 1. The molecule has 0 aliphatic rings. The third-order valence-corrected chi connectivity index (χ3v) is 7.54. The van der Waals surface area contributed by atoms with Crippen molar-refractivity contribution in [3.8, 4) is 0 Å². The number of nitrogens with zero attached hydrogens (tertiary/aromatic N) is 1. The molecule has 0 saturated heterocycles. The summed E-state index contributed by atoms with van der Waals surface area (Å²) >= 11 is 6.31. The van der Waals surface area contributed by atoms with E-state index in [0.29, 0.717) is 24.4 Å². The first-order valence-electron chi connectivity index (χ1n) is 11.3. The van der Waals surface area contributed by atoms with Crippen molar-refractivity contribution in [3.63, 3.8) is 0 Å². The summed E-state index contributed by atoms with van der Waals surface area (Å²) in [6.07, 6.45) is 2.09. The lowest BCUT2D eigenvalue weighted by molar-refractivity contribution is 0.576. The van der Waals surface area contributed by atoms with Crippen LogP contribution in [0.5, 0.6) is 0 Å². The molecule has 0 atom stereocenters. The number of rotatable bonds is 10. The van der Waals surface area contributed by atoms with Crippen molar-refractivity contribution in [2.45, 2.75) is 32.2 Å². The molecule has 4 aromatic rings. The summed E-state index contributed by atoms with van der Waals surface area (Å²) in [5.74, 6) is 0.165. The van der Waals surface area contributed by atoms with Crippen LogP contribution < -0.4 is 4.72 Å². The van der Waals surface area contributed by atoms with Crippen LogP contribution in [0.3, 0.4) is 0 Å². The maximum Gasteiger partial charge on any atom is 0.211 e. The van der Waals surface area contributed by atoms with Crippen molar-refractivity contribution in [2.24, 2.45) is 0 Å². The fraction of sp³-hybridized carbons (Fsp3) is 0.259. The molecule has 0 aliphatic heterocycles. The summed E-state index contributed by atoms with van der Waals surface area (Å²) < 4.78 is 29.7. The molecule has 0 bridgehead atoms. The van der Waals surface area contributed by atoms with Gasteiger partial charge >= 0.3 is 0 Å². The van der Waals surface area contributed by atoms with Crippen LogP contribution in [0.15, 0.2) is 84.9 Å². The fourth-order valence-electron chi connectivity index (χ4n) is 4.26. The Hall–Kier alpha value is -2.60. The molecule has 0 amide bonds. The summed E-state index contributed by atoms with van der Waals surface area (Å²) in [6.45, 7) is 2.35. The van der Waals surface area contributed by atoms with Crippen LogP contribution in [0.4, 0.5) is 0 Å². The molecule has 0 radical (unpaired) electrons. The van der Waals surface area contributed by atoms with Gasteiger partial charge in [0.1, 0.15) is 0 Å². The molecule has 0 aliphatic carbocycles. The second kappa shape index (κ2) is 10.6. The molecule has 33 heavy (non-hydrogen) atoms. The Morgan fingerprint density at radius 2 is 1.55 bits per heavy atom. The second-order valence-corrected chi connectivity index (χ2v) is 10.6. The predicted octanol–water partition coefficient (Wildman–Crippen LogP) is 6.19. The fourth-order valence-corrected chi connectivity index (χ4v) is 5.67. The topological polar surface area (TPSA) is 51.1 Å². The number of halogens is 1. The van der Waals surface area contributed by atoms with Gasteiger partial charge in [0.2, 0.25) is 10.0 Å². The third-order valence-electron chi connectivity index (χ3n) is 5.84. The number of sulfonamides is 1. The van der Waals surface area contributed by atoms with E-state index < -0.39 is 10.0 Å². The van der Waals surface area contributed by atoms with E-state index in [-0.39, 0.29) is 11.8 Å². The molecule has 4 rings (SSSR count). The first kappa shape index (κ1) is 23.6. The summed E-state index contributed by atoms with van der Waals surface area (Å²) in [6, 6.07) is 28.8. The minimum absolute atomic E-state index is 0.0437. The number of unbranched alkanes of at least 4 members (excludes halogenated alkanes) is 1. The molecule has 0 unspecified atom stereocenters. The van der Waals surface area contributed by atoms with Gasteiger partial charge in [0.05, 0.1) is 11.8 Å². The van der Waals surface area contributed by atoms with Gasteiger partial charge in [-0.2, -0.15) is 0 Å². The SMILES string of the molecule is CCCCS(=O)(=O)NCCc1cc2cc(Cl)ccc2n1C(c1ccccc1)c1ccccc1. The van der Waals surface area contributed by atoms with Crippen molar-refractivity contribution in [2.75, 3.05) is 12.3 Å². The summed E-state index contributed by atoms with van der Waals surface area (Å²) in [7, 11) is -3.27. The molecule has 172 valence electrons. The van der Waals surface area contributed by atoms with Crippen molar-refractivity contribution in [3.05, 3.63) is 107 Å². The molecule has 4 nitrogen and oxygen atoms in total. The van der Waals surface area contributed by atoms with Gasteiger partial charge in [-0.25, -0.2) is 13.1 Å². The van der Waals surface area contributed by atoms with E-state index in [0.717, 1.165) is 23.0 Å². The molecule has 0 spiro atoms. The highest BCUT2D eigenvalue weighted by Crippen LogP contribution is 2.34. The summed E-state index contributed by atoms with van der Waals surface area (Å²) in [5.41, 5.74) is 4.46. The van der Waals surface area contributed by atoms with E-state index in [4.69, 9.17) is 11.6 Å². The minimum atomic E-state index is -3.27. The van der Waals surface area contributed by atoms with E-state index in [1.807, 2.05) is 37.3 Å². The van der Waals surface area contributed by atoms with Crippen LogP contribution in [-0.2, 0) is 16.4 Å². The first-order chi connectivity index (χ1) is 16.0.